The molecule has 0 aliphatic heterocycles. The number of nitrogens with one attached hydrogen (secondary N) is 1. The van der Waals surface area contributed by atoms with Gasteiger partial charge in [0.05, 0.1) is 17.1 Å². The lowest BCUT2D eigenvalue weighted by atomic mass is 10.1. The quantitative estimate of drug-likeness (QED) is 0.590. The molecule has 0 bridgehead atoms. The van der Waals surface area contributed by atoms with E-state index >= 15 is 0 Å². The number of nitro benzene ring substituents is 1. The SMILES string of the molecule is COCC(NC(=O)c1cc([N+](=O)[O-])c(F)cc1F)C(=O)O. The number of halogens is 2. The van der Waals surface area contributed by atoms with Crippen LogP contribution in [-0.4, -0.2) is 41.7 Å². The molecule has 0 aliphatic rings. The first-order chi connectivity index (χ1) is 9.77. The lowest BCUT2D eigenvalue weighted by Crippen LogP contribution is -2.44. The van der Waals surface area contributed by atoms with Crippen molar-refractivity contribution < 1.29 is 33.1 Å². The van der Waals surface area contributed by atoms with Crippen LogP contribution in [0, 0.1) is 21.7 Å². The number of carbonyl (C=O) groups excluding carboxylic acids is 1. The molecule has 1 rings (SSSR count). The molecule has 1 amide bonds. The zero-order valence-corrected chi connectivity index (χ0v) is 10.6. The maximum absolute atomic E-state index is 13.5. The van der Waals surface area contributed by atoms with Crippen LogP contribution in [-0.2, 0) is 9.53 Å². The van der Waals surface area contributed by atoms with E-state index in [1.807, 2.05) is 5.32 Å². The third-order valence-corrected chi connectivity index (χ3v) is 2.41. The normalized spacial score (nSPS) is 11.8. The zero-order valence-electron chi connectivity index (χ0n) is 10.6. The number of hydrogen-bond donors (Lipinski definition) is 2. The summed E-state index contributed by atoms with van der Waals surface area (Å²) in [5.41, 5.74) is -1.94. The Bertz CT molecular complexity index is 592. The Morgan fingerprint density at radius 2 is 2.05 bits per heavy atom. The molecule has 1 aromatic carbocycles. The van der Waals surface area contributed by atoms with Crippen LogP contribution in [0.5, 0.6) is 0 Å². The van der Waals surface area contributed by atoms with E-state index in [0.29, 0.717) is 6.07 Å². The fourth-order valence-corrected chi connectivity index (χ4v) is 1.43. The van der Waals surface area contributed by atoms with Gasteiger partial charge in [-0.3, -0.25) is 14.9 Å². The molecule has 0 saturated heterocycles. The summed E-state index contributed by atoms with van der Waals surface area (Å²) in [6, 6.07) is -0.906. The minimum atomic E-state index is -1.48. The van der Waals surface area contributed by atoms with E-state index < -0.39 is 52.3 Å². The summed E-state index contributed by atoms with van der Waals surface area (Å²) < 4.78 is 31.2. The van der Waals surface area contributed by atoms with Crippen molar-refractivity contribution in [1.82, 2.24) is 5.32 Å². The van der Waals surface area contributed by atoms with Crippen molar-refractivity contribution in [2.45, 2.75) is 6.04 Å². The van der Waals surface area contributed by atoms with Gasteiger partial charge < -0.3 is 15.2 Å². The van der Waals surface area contributed by atoms with E-state index in [9.17, 15) is 28.5 Å². The number of hydrogen-bond acceptors (Lipinski definition) is 5. The van der Waals surface area contributed by atoms with E-state index in [1.165, 1.54) is 7.11 Å². The van der Waals surface area contributed by atoms with Crippen LogP contribution in [0.3, 0.4) is 0 Å². The fourth-order valence-electron chi connectivity index (χ4n) is 1.43. The molecule has 0 aromatic heterocycles. The largest absolute Gasteiger partial charge is 0.480 e. The molecule has 0 aliphatic carbocycles. The lowest BCUT2D eigenvalue weighted by Gasteiger charge is -2.13. The van der Waals surface area contributed by atoms with Gasteiger partial charge in [0.15, 0.2) is 6.04 Å². The number of nitrogens with zero attached hydrogens (tertiary/aromatic N) is 1. The highest BCUT2D eigenvalue weighted by molar-refractivity contribution is 5.97. The molecule has 0 saturated carbocycles. The highest BCUT2D eigenvalue weighted by Gasteiger charge is 2.26. The van der Waals surface area contributed by atoms with Gasteiger partial charge >= 0.3 is 11.7 Å². The zero-order chi connectivity index (χ0) is 16.2. The minimum absolute atomic E-state index is 0.180. The van der Waals surface area contributed by atoms with Crippen LogP contribution in [0.15, 0.2) is 12.1 Å². The van der Waals surface area contributed by atoms with E-state index in [0.717, 1.165) is 0 Å². The summed E-state index contributed by atoms with van der Waals surface area (Å²) in [5.74, 6) is -5.47. The molecule has 114 valence electrons. The number of methoxy groups -OCH3 is 1. The maximum atomic E-state index is 13.5. The molecule has 2 N–H and O–H groups in total. The average Bonchev–Trinajstić information content (AvgIpc) is 2.37. The third-order valence-electron chi connectivity index (χ3n) is 2.41. The van der Waals surface area contributed by atoms with Crippen molar-refractivity contribution in [3.8, 4) is 0 Å². The molecule has 0 fully saturated rings. The Balaban J connectivity index is 3.09. The standard InChI is InChI=1S/C11H10F2N2O6/c1-21-4-8(11(17)18)14-10(16)5-2-9(15(19)20)7(13)3-6(5)12/h2-3,8H,4H2,1H3,(H,14,16)(H,17,18). The monoisotopic (exact) mass is 304 g/mol. The van der Waals surface area contributed by atoms with E-state index in [2.05, 4.69) is 4.74 Å². The van der Waals surface area contributed by atoms with Gasteiger partial charge in [-0.15, -0.1) is 0 Å². The van der Waals surface area contributed by atoms with Crippen LogP contribution in [0.25, 0.3) is 0 Å². The average molecular weight is 304 g/mol. The van der Waals surface area contributed by atoms with Crippen molar-refractivity contribution in [2.75, 3.05) is 13.7 Å². The molecular formula is C11H10F2N2O6. The maximum Gasteiger partial charge on any atom is 0.328 e. The minimum Gasteiger partial charge on any atom is -0.480 e. The Hall–Kier alpha value is -2.62. The second-order valence-electron chi connectivity index (χ2n) is 3.86. The number of amides is 1. The first-order valence-electron chi connectivity index (χ1n) is 5.44. The number of nitro groups is 1. The van der Waals surface area contributed by atoms with E-state index in [4.69, 9.17) is 5.11 Å². The van der Waals surface area contributed by atoms with E-state index in [-0.39, 0.29) is 6.07 Å². The van der Waals surface area contributed by atoms with Gasteiger partial charge in [0, 0.05) is 19.2 Å². The fraction of sp³-hybridized carbons (Fsp3) is 0.273. The van der Waals surface area contributed by atoms with Crippen LogP contribution >= 0.6 is 0 Å². The highest BCUT2D eigenvalue weighted by Crippen LogP contribution is 2.21. The first-order valence-corrected chi connectivity index (χ1v) is 5.44. The Labute approximate surface area is 116 Å². The third kappa shape index (κ3) is 3.92. The Morgan fingerprint density at radius 1 is 1.43 bits per heavy atom. The molecule has 1 atom stereocenters. The predicted molar refractivity (Wildman–Crippen MR) is 63.8 cm³/mol. The second-order valence-corrected chi connectivity index (χ2v) is 3.86. The number of ether oxygens (including phenoxy) is 1. The van der Waals surface area contributed by atoms with Gasteiger partial charge in [-0.05, 0) is 0 Å². The molecule has 21 heavy (non-hydrogen) atoms. The number of carboxylic acid groups (broad SMARTS) is 1. The molecule has 0 radical (unpaired) electrons. The highest BCUT2D eigenvalue weighted by atomic mass is 19.1. The molecule has 1 unspecified atom stereocenters. The van der Waals surface area contributed by atoms with Gasteiger partial charge in [-0.1, -0.05) is 0 Å². The van der Waals surface area contributed by atoms with Gasteiger partial charge in [-0.25, -0.2) is 9.18 Å². The Kier molecular flexibility index (Phi) is 5.24. The summed E-state index contributed by atoms with van der Waals surface area (Å²) in [7, 11) is 1.19. The molecule has 0 spiro atoms. The first kappa shape index (κ1) is 16.4. The van der Waals surface area contributed by atoms with Crippen molar-refractivity contribution in [1.29, 1.82) is 0 Å². The predicted octanol–water partition coefficient (Wildman–Crippen LogP) is 0.702. The topological polar surface area (TPSA) is 119 Å². The number of carboxylic acids is 1. The lowest BCUT2D eigenvalue weighted by molar-refractivity contribution is -0.387. The Morgan fingerprint density at radius 3 is 2.52 bits per heavy atom. The van der Waals surface area contributed by atoms with Crippen molar-refractivity contribution in [3.63, 3.8) is 0 Å². The molecular weight excluding hydrogens is 294 g/mol. The smallest absolute Gasteiger partial charge is 0.328 e. The second kappa shape index (κ2) is 6.70. The molecule has 0 heterocycles. The number of benzene rings is 1. The molecule has 8 nitrogen and oxygen atoms in total. The number of carbonyl (C=O) groups is 2. The summed E-state index contributed by atoms with van der Waals surface area (Å²) in [5, 5.41) is 21.2. The van der Waals surface area contributed by atoms with Crippen molar-refractivity contribution >= 4 is 17.6 Å². The summed E-state index contributed by atoms with van der Waals surface area (Å²) in [6.07, 6.45) is 0. The summed E-state index contributed by atoms with van der Waals surface area (Å²) in [6.45, 7) is -0.397. The van der Waals surface area contributed by atoms with Crippen LogP contribution in [0.1, 0.15) is 10.4 Å². The van der Waals surface area contributed by atoms with Crippen LogP contribution < -0.4 is 5.32 Å². The van der Waals surface area contributed by atoms with Crippen LogP contribution in [0.2, 0.25) is 0 Å². The van der Waals surface area contributed by atoms with Crippen molar-refractivity contribution in [3.05, 3.63) is 39.4 Å². The molecule has 1 aromatic rings. The summed E-state index contributed by atoms with van der Waals surface area (Å²) in [4.78, 5) is 31.9. The summed E-state index contributed by atoms with van der Waals surface area (Å²) >= 11 is 0. The number of aliphatic carboxylic acids is 1. The van der Waals surface area contributed by atoms with Gasteiger partial charge in [-0.2, -0.15) is 4.39 Å². The van der Waals surface area contributed by atoms with Gasteiger partial charge in [0.1, 0.15) is 5.82 Å². The number of rotatable bonds is 6. The molecule has 10 heteroatoms. The van der Waals surface area contributed by atoms with Gasteiger partial charge in [0.2, 0.25) is 5.82 Å². The van der Waals surface area contributed by atoms with Crippen molar-refractivity contribution in [2.24, 2.45) is 0 Å². The van der Waals surface area contributed by atoms with E-state index in [1.54, 1.807) is 0 Å². The van der Waals surface area contributed by atoms with Gasteiger partial charge in [0.25, 0.3) is 5.91 Å². The van der Waals surface area contributed by atoms with Crippen LogP contribution in [0.4, 0.5) is 14.5 Å².